The number of amides is 2. The van der Waals surface area contributed by atoms with Crippen LogP contribution >= 0.6 is 0 Å². The second-order valence-electron chi connectivity index (χ2n) is 8.68. The maximum atomic E-state index is 12.7. The molecule has 2 fully saturated rings. The topological polar surface area (TPSA) is 38.8 Å². The van der Waals surface area contributed by atoms with Gasteiger partial charge in [0.1, 0.15) is 0 Å². The number of carbonyl (C=O) groups is 1. The monoisotopic (exact) mass is 358 g/mol. The van der Waals surface area contributed by atoms with E-state index < -0.39 is 0 Å². The van der Waals surface area contributed by atoms with Crippen molar-refractivity contribution in [2.45, 2.75) is 51.0 Å². The lowest BCUT2D eigenvalue weighted by Gasteiger charge is -2.51. The van der Waals surface area contributed by atoms with E-state index in [4.69, 9.17) is 0 Å². The predicted octanol–water partition coefficient (Wildman–Crippen LogP) is 2.81. The van der Waals surface area contributed by atoms with Gasteiger partial charge in [0.05, 0.1) is 0 Å². The molecular weight excluding hydrogens is 324 g/mol. The lowest BCUT2D eigenvalue weighted by Crippen LogP contribution is -2.52. The summed E-state index contributed by atoms with van der Waals surface area (Å²) in [6, 6.07) is 0.912. The van der Waals surface area contributed by atoms with Crippen molar-refractivity contribution in [2.75, 3.05) is 46.8 Å². The molecule has 1 N–H and O–H groups in total. The SMILES string of the molecule is CN(C)C(=O)N1CCC2(CCN(C3CCNCC3)CC2)C2=C1C=CCC2. The number of carbonyl (C=O) groups excluding carboxylic acids is 1. The minimum atomic E-state index is 0.131. The molecular formula is C21H34N4O. The number of nitrogens with zero attached hydrogens (tertiary/aromatic N) is 3. The third-order valence-electron chi connectivity index (χ3n) is 7.08. The number of hydrogen-bond donors (Lipinski definition) is 1. The van der Waals surface area contributed by atoms with E-state index in [-0.39, 0.29) is 6.03 Å². The standard InChI is InChI=1S/C21H34N4O/c1-23(2)20(26)25-16-11-21(18-5-3-4-6-19(18)25)9-14-24(15-10-21)17-7-12-22-13-8-17/h4,6,17,22H,3,5,7-16H2,1-2H3. The van der Waals surface area contributed by atoms with E-state index in [2.05, 4.69) is 22.4 Å². The number of urea groups is 1. The first kappa shape index (κ1) is 18.1. The van der Waals surface area contributed by atoms with Crippen molar-refractivity contribution in [3.8, 4) is 0 Å². The van der Waals surface area contributed by atoms with Crippen molar-refractivity contribution in [1.82, 2.24) is 20.0 Å². The van der Waals surface area contributed by atoms with Crippen LogP contribution in [0.15, 0.2) is 23.4 Å². The molecule has 0 unspecified atom stereocenters. The van der Waals surface area contributed by atoms with Crippen molar-refractivity contribution in [3.63, 3.8) is 0 Å². The van der Waals surface area contributed by atoms with Gasteiger partial charge in [-0.2, -0.15) is 0 Å². The zero-order valence-corrected chi connectivity index (χ0v) is 16.5. The number of hydrogen-bond acceptors (Lipinski definition) is 3. The van der Waals surface area contributed by atoms with Gasteiger partial charge in [-0.1, -0.05) is 6.08 Å². The molecule has 1 spiro atoms. The molecule has 0 aromatic carbocycles. The van der Waals surface area contributed by atoms with Crippen molar-refractivity contribution in [1.29, 1.82) is 0 Å². The van der Waals surface area contributed by atoms with Gasteiger partial charge in [0.25, 0.3) is 0 Å². The van der Waals surface area contributed by atoms with Gasteiger partial charge in [0.2, 0.25) is 0 Å². The largest absolute Gasteiger partial charge is 0.330 e. The molecule has 4 aliphatic rings. The van der Waals surface area contributed by atoms with Crippen molar-refractivity contribution in [3.05, 3.63) is 23.4 Å². The first-order valence-electron chi connectivity index (χ1n) is 10.4. The second-order valence-corrected chi connectivity index (χ2v) is 8.68. The van der Waals surface area contributed by atoms with Crippen LogP contribution < -0.4 is 5.32 Å². The van der Waals surface area contributed by atoms with Crippen LogP contribution in [0.25, 0.3) is 0 Å². The molecule has 4 rings (SSSR count). The van der Waals surface area contributed by atoms with Gasteiger partial charge < -0.3 is 15.1 Å². The van der Waals surface area contributed by atoms with Crippen LogP contribution in [-0.2, 0) is 0 Å². The first-order valence-corrected chi connectivity index (χ1v) is 10.4. The van der Waals surface area contributed by atoms with E-state index in [9.17, 15) is 4.79 Å². The van der Waals surface area contributed by atoms with Crippen LogP contribution in [0.1, 0.15) is 44.9 Å². The lowest BCUT2D eigenvalue weighted by atomic mass is 9.65. The normalized spacial score (nSPS) is 26.9. The van der Waals surface area contributed by atoms with E-state index in [0.717, 1.165) is 31.8 Å². The van der Waals surface area contributed by atoms with E-state index >= 15 is 0 Å². The third kappa shape index (κ3) is 3.20. The molecule has 26 heavy (non-hydrogen) atoms. The van der Waals surface area contributed by atoms with Crippen LogP contribution in [0.3, 0.4) is 0 Å². The fraction of sp³-hybridized carbons (Fsp3) is 0.762. The van der Waals surface area contributed by atoms with Crippen LogP contribution in [0.4, 0.5) is 4.79 Å². The first-order chi connectivity index (χ1) is 12.6. The minimum absolute atomic E-state index is 0.131. The predicted molar refractivity (Wildman–Crippen MR) is 105 cm³/mol. The molecule has 144 valence electrons. The van der Waals surface area contributed by atoms with Crippen LogP contribution in [0.2, 0.25) is 0 Å². The van der Waals surface area contributed by atoms with Gasteiger partial charge in [-0.05, 0) is 88.2 Å². The van der Waals surface area contributed by atoms with E-state index in [1.165, 1.54) is 57.6 Å². The minimum Gasteiger partial charge on any atom is -0.330 e. The maximum Gasteiger partial charge on any atom is 0.323 e. The summed E-state index contributed by atoms with van der Waals surface area (Å²) in [5.74, 6) is 0. The van der Waals surface area contributed by atoms with Gasteiger partial charge in [-0.3, -0.25) is 4.90 Å². The average Bonchev–Trinajstić information content (AvgIpc) is 2.69. The van der Waals surface area contributed by atoms with Gasteiger partial charge in [-0.25, -0.2) is 4.79 Å². The fourth-order valence-electron chi connectivity index (χ4n) is 5.52. The summed E-state index contributed by atoms with van der Waals surface area (Å²) < 4.78 is 0. The third-order valence-corrected chi connectivity index (χ3v) is 7.08. The smallest absolute Gasteiger partial charge is 0.323 e. The summed E-state index contributed by atoms with van der Waals surface area (Å²) in [5, 5.41) is 3.49. The number of rotatable bonds is 1. The van der Waals surface area contributed by atoms with Crippen LogP contribution in [0.5, 0.6) is 0 Å². The Morgan fingerprint density at radius 2 is 1.85 bits per heavy atom. The average molecular weight is 359 g/mol. The van der Waals surface area contributed by atoms with Gasteiger partial charge in [0, 0.05) is 32.4 Å². The van der Waals surface area contributed by atoms with Crippen LogP contribution in [0, 0.1) is 5.41 Å². The quantitative estimate of drug-likeness (QED) is 0.783. The zero-order valence-electron chi connectivity index (χ0n) is 16.5. The molecule has 3 aliphatic heterocycles. The highest BCUT2D eigenvalue weighted by molar-refractivity contribution is 5.77. The molecule has 2 saturated heterocycles. The van der Waals surface area contributed by atoms with Crippen molar-refractivity contribution >= 4 is 6.03 Å². The number of fused-ring (bicyclic) bond motifs is 1. The van der Waals surface area contributed by atoms with E-state index in [0.29, 0.717) is 5.41 Å². The molecule has 3 heterocycles. The Kier molecular flexibility index (Phi) is 5.11. The summed E-state index contributed by atoms with van der Waals surface area (Å²) in [7, 11) is 3.72. The lowest BCUT2D eigenvalue weighted by molar-refractivity contribution is 0.0601. The van der Waals surface area contributed by atoms with E-state index in [1.807, 2.05) is 19.0 Å². The van der Waals surface area contributed by atoms with Gasteiger partial charge in [-0.15, -0.1) is 0 Å². The molecule has 1 aliphatic carbocycles. The molecule has 0 aromatic heterocycles. The Hall–Kier alpha value is -1.33. The zero-order chi connectivity index (χ0) is 18.1. The Bertz CT molecular complexity index is 595. The fourth-order valence-corrected chi connectivity index (χ4v) is 5.52. The summed E-state index contributed by atoms with van der Waals surface area (Å²) in [5.41, 5.74) is 3.13. The molecule has 2 amide bonds. The molecule has 5 heteroatoms. The molecule has 0 radical (unpaired) electrons. The van der Waals surface area contributed by atoms with E-state index in [1.54, 1.807) is 10.5 Å². The summed E-state index contributed by atoms with van der Waals surface area (Å²) in [6.45, 7) is 5.68. The molecule has 0 saturated carbocycles. The highest BCUT2D eigenvalue weighted by Gasteiger charge is 2.44. The summed E-state index contributed by atoms with van der Waals surface area (Å²) in [6.07, 6.45) is 13.0. The molecule has 0 aromatic rings. The van der Waals surface area contributed by atoms with Gasteiger partial charge in [0.15, 0.2) is 0 Å². The van der Waals surface area contributed by atoms with Crippen molar-refractivity contribution in [2.24, 2.45) is 5.41 Å². The summed E-state index contributed by atoms with van der Waals surface area (Å²) >= 11 is 0. The molecule has 0 bridgehead atoms. The Labute approximate surface area is 158 Å². The Morgan fingerprint density at radius 3 is 2.54 bits per heavy atom. The number of nitrogens with one attached hydrogen (secondary N) is 1. The van der Waals surface area contributed by atoms with Crippen LogP contribution in [-0.4, -0.2) is 73.6 Å². The maximum absolute atomic E-state index is 12.7. The second kappa shape index (κ2) is 7.35. The number of likely N-dealkylation sites (tertiary alicyclic amines) is 1. The molecule has 0 atom stereocenters. The number of allylic oxidation sites excluding steroid dienone is 3. The highest BCUT2D eigenvalue weighted by atomic mass is 16.2. The van der Waals surface area contributed by atoms with Crippen molar-refractivity contribution < 1.29 is 4.79 Å². The Balaban J connectivity index is 1.53. The molecule has 5 nitrogen and oxygen atoms in total. The summed E-state index contributed by atoms with van der Waals surface area (Å²) in [4.78, 5) is 19.1. The Morgan fingerprint density at radius 1 is 1.15 bits per heavy atom. The highest BCUT2D eigenvalue weighted by Crippen LogP contribution is 2.50. The van der Waals surface area contributed by atoms with Gasteiger partial charge >= 0.3 is 6.03 Å². The number of piperidine rings is 2.